The molecule has 1 N–H and O–H groups in total. The molecule has 1 saturated carbocycles. The predicted octanol–water partition coefficient (Wildman–Crippen LogP) is 6.20. The zero-order valence-corrected chi connectivity index (χ0v) is 26.7. The molecule has 43 heavy (non-hydrogen) atoms. The van der Waals surface area contributed by atoms with Gasteiger partial charge in [0, 0.05) is 22.6 Å². The molecular formula is C32H37Cl2N3O5S. The maximum absolute atomic E-state index is 13.9. The Kier molecular flexibility index (Phi) is 11.3. The SMILES string of the molecule is C[C@H](C(=O)NC1CCCCC1)N(Cc1ccc(Cl)cc1Cl)C(=O)CN(c1ccc(OCc2ccccc2)cc1)S(C)(=O)=O. The summed E-state index contributed by atoms with van der Waals surface area (Å²) in [6.07, 6.45) is 6.05. The average molecular weight is 647 g/mol. The summed E-state index contributed by atoms with van der Waals surface area (Å²) < 4.78 is 32.7. The minimum absolute atomic E-state index is 0.00203. The summed E-state index contributed by atoms with van der Waals surface area (Å²) in [5, 5.41) is 3.86. The molecule has 3 aromatic carbocycles. The van der Waals surface area contributed by atoms with Crippen molar-refractivity contribution in [2.75, 3.05) is 17.1 Å². The Morgan fingerprint density at radius 3 is 2.28 bits per heavy atom. The summed E-state index contributed by atoms with van der Waals surface area (Å²) in [4.78, 5) is 28.6. The minimum Gasteiger partial charge on any atom is -0.489 e. The Hall–Kier alpha value is -3.27. The van der Waals surface area contributed by atoms with Crippen LogP contribution in [-0.4, -0.2) is 50.0 Å². The first-order valence-corrected chi connectivity index (χ1v) is 16.9. The number of sulfonamides is 1. The van der Waals surface area contributed by atoms with Gasteiger partial charge in [0.1, 0.15) is 24.9 Å². The van der Waals surface area contributed by atoms with Crippen molar-refractivity contribution in [2.45, 2.75) is 64.3 Å². The van der Waals surface area contributed by atoms with Crippen LogP contribution >= 0.6 is 23.2 Å². The van der Waals surface area contributed by atoms with Gasteiger partial charge >= 0.3 is 0 Å². The Labute approximate surface area is 264 Å². The van der Waals surface area contributed by atoms with Gasteiger partial charge in [0.15, 0.2) is 0 Å². The zero-order valence-electron chi connectivity index (χ0n) is 24.3. The number of halogens is 2. The molecule has 2 amide bonds. The number of ether oxygens (including phenoxy) is 1. The largest absolute Gasteiger partial charge is 0.489 e. The maximum Gasteiger partial charge on any atom is 0.244 e. The normalized spacial score (nSPS) is 14.5. The molecule has 0 unspecified atom stereocenters. The lowest BCUT2D eigenvalue weighted by molar-refractivity contribution is -0.139. The van der Waals surface area contributed by atoms with Gasteiger partial charge in [-0.3, -0.25) is 13.9 Å². The molecule has 0 heterocycles. The quantitative estimate of drug-likeness (QED) is 0.253. The van der Waals surface area contributed by atoms with Crippen molar-refractivity contribution in [2.24, 2.45) is 0 Å². The molecule has 1 atom stereocenters. The minimum atomic E-state index is -3.87. The third-order valence-corrected chi connectivity index (χ3v) is 9.25. The first-order valence-electron chi connectivity index (χ1n) is 14.3. The summed E-state index contributed by atoms with van der Waals surface area (Å²) in [7, 11) is -3.87. The Morgan fingerprint density at radius 1 is 0.977 bits per heavy atom. The van der Waals surface area contributed by atoms with E-state index in [1.165, 1.54) is 4.90 Å². The van der Waals surface area contributed by atoms with Crippen molar-refractivity contribution in [3.8, 4) is 5.75 Å². The average Bonchev–Trinajstić information content (AvgIpc) is 2.99. The zero-order chi connectivity index (χ0) is 31.0. The number of carbonyl (C=O) groups is 2. The van der Waals surface area contributed by atoms with Gasteiger partial charge in [-0.05, 0) is 67.3 Å². The molecule has 1 aliphatic carbocycles. The van der Waals surface area contributed by atoms with E-state index in [1.807, 2.05) is 30.3 Å². The van der Waals surface area contributed by atoms with Gasteiger partial charge in [0.2, 0.25) is 21.8 Å². The molecule has 1 fully saturated rings. The summed E-state index contributed by atoms with van der Waals surface area (Å²) in [5.74, 6) is -0.289. The lowest BCUT2D eigenvalue weighted by atomic mass is 9.95. The number of anilines is 1. The molecular weight excluding hydrogens is 609 g/mol. The van der Waals surface area contributed by atoms with Gasteiger partial charge in [-0.1, -0.05) is 78.9 Å². The van der Waals surface area contributed by atoms with Crippen LogP contribution in [0.4, 0.5) is 5.69 Å². The number of benzene rings is 3. The topological polar surface area (TPSA) is 96.0 Å². The van der Waals surface area contributed by atoms with E-state index in [4.69, 9.17) is 27.9 Å². The van der Waals surface area contributed by atoms with Gasteiger partial charge in [-0.15, -0.1) is 0 Å². The summed E-state index contributed by atoms with van der Waals surface area (Å²) >= 11 is 12.5. The van der Waals surface area contributed by atoms with Gasteiger partial charge in [-0.25, -0.2) is 8.42 Å². The van der Waals surface area contributed by atoms with Crippen LogP contribution in [0.2, 0.25) is 10.0 Å². The highest BCUT2D eigenvalue weighted by molar-refractivity contribution is 7.92. The van der Waals surface area contributed by atoms with Crippen LogP contribution in [0, 0.1) is 0 Å². The number of amides is 2. The van der Waals surface area contributed by atoms with Gasteiger partial charge in [-0.2, -0.15) is 0 Å². The van der Waals surface area contributed by atoms with E-state index in [0.717, 1.165) is 48.2 Å². The van der Waals surface area contributed by atoms with E-state index in [9.17, 15) is 18.0 Å². The van der Waals surface area contributed by atoms with Crippen molar-refractivity contribution in [1.82, 2.24) is 10.2 Å². The number of rotatable bonds is 12. The number of carbonyl (C=O) groups excluding carboxylic acids is 2. The fourth-order valence-electron chi connectivity index (χ4n) is 5.05. The fraction of sp³-hybridized carbons (Fsp3) is 0.375. The summed E-state index contributed by atoms with van der Waals surface area (Å²) in [5.41, 5.74) is 1.88. The second kappa shape index (κ2) is 14.9. The Bertz CT molecular complexity index is 1500. The fourth-order valence-corrected chi connectivity index (χ4v) is 6.37. The molecule has 8 nitrogen and oxygen atoms in total. The van der Waals surface area contributed by atoms with E-state index in [2.05, 4.69) is 5.32 Å². The Morgan fingerprint density at radius 2 is 1.65 bits per heavy atom. The first-order chi connectivity index (χ1) is 20.5. The van der Waals surface area contributed by atoms with Crippen molar-refractivity contribution < 1.29 is 22.7 Å². The number of hydrogen-bond donors (Lipinski definition) is 1. The predicted molar refractivity (Wildman–Crippen MR) is 171 cm³/mol. The van der Waals surface area contributed by atoms with E-state index in [-0.39, 0.29) is 18.5 Å². The summed E-state index contributed by atoms with van der Waals surface area (Å²) in [6, 6.07) is 20.3. The van der Waals surface area contributed by atoms with Gasteiger partial charge < -0.3 is 15.0 Å². The number of nitrogens with one attached hydrogen (secondary N) is 1. The second-order valence-electron chi connectivity index (χ2n) is 10.8. The first kappa shape index (κ1) is 32.6. The van der Waals surface area contributed by atoms with Crippen LogP contribution in [-0.2, 0) is 32.8 Å². The van der Waals surface area contributed by atoms with Crippen LogP contribution in [0.3, 0.4) is 0 Å². The van der Waals surface area contributed by atoms with Crippen LogP contribution in [0.5, 0.6) is 5.75 Å². The summed E-state index contributed by atoms with van der Waals surface area (Å²) in [6.45, 7) is 1.49. The van der Waals surface area contributed by atoms with E-state index >= 15 is 0 Å². The highest BCUT2D eigenvalue weighted by Gasteiger charge is 2.31. The molecule has 0 aliphatic heterocycles. The lowest BCUT2D eigenvalue weighted by Gasteiger charge is -2.33. The molecule has 230 valence electrons. The molecule has 0 aromatic heterocycles. The highest BCUT2D eigenvalue weighted by Crippen LogP contribution is 2.26. The molecule has 11 heteroatoms. The van der Waals surface area contributed by atoms with Crippen molar-refractivity contribution in [1.29, 1.82) is 0 Å². The smallest absolute Gasteiger partial charge is 0.244 e. The molecule has 1 aliphatic rings. The van der Waals surface area contributed by atoms with Crippen molar-refractivity contribution in [3.63, 3.8) is 0 Å². The van der Waals surface area contributed by atoms with Gasteiger partial charge in [0.25, 0.3) is 0 Å². The van der Waals surface area contributed by atoms with Crippen molar-refractivity contribution in [3.05, 3.63) is 94.0 Å². The molecule has 3 aromatic rings. The third-order valence-electron chi connectivity index (χ3n) is 7.53. The monoisotopic (exact) mass is 645 g/mol. The molecule has 4 rings (SSSR count). The highest BCUT2D eigenvalue weighted by atomic mass is 35.5. The van der Waals surface area contributed by atoms with E-state index in [1.54, 1.807) is 49.4 Å². The van der Waals surface area contributed by atoms with Crippen LogP contribution in [0.25, 0.3) is 0 Å². The molecule has 0 saturated heterocycles. The van der Waals surface area contributed by atoms with Crippen LogP contribution in [0.1, 0.15) is 50.2 Å². The molecule has 0 bridgehead atoms. The number of nitrogens with zero attached hydrogens (tertiary/aromatic N) is 2. The lowest BCUT2D eigenvalue weighted by Crippen LogP contribution is -2.53. The van der Waals surface area contributed by atoms with Gasteiger partial charge in [0.05, 0.1) is 11.9 Å². The molecule has 0 radical (unpaired) electrons. The number of hydrogen-bond acceptors (Lipinski definition) is 5. The standard InChI is InChI=1S/C32H37Cl2N3O5S/c1-23(32(39)35-27-11-7-4-8-12-27)36(20-25-13-14-26(33)19-30(25)34)31(38)21-37(43(2,40)41)28-15-17-29(18-16-28)42-22-24-9-5-3-6-10-24/h3,5-6,9-10,13-19,23,27H,4,7-8,11-12,20-22H2,1-2H3,(H,35,39)/t23-/m1/s1. The Balaban J connectivity index is 1.54. The van der Waals surface area contributed by atoms with Crippen LogP contribution in [0.15, 0.2) is 72.8 Å². The van der Waals surface area contributed by atoms with Crippen molar-refractivity contribution >= 4 is 50.7 Å². The third kappa shape index (κ3) is 9.36. The molecule has 0 spiro atoms. The maximum atomic E-state index is 13.9. The van der Waals surface area contributed by atoms with Crippen LogP contribution < -0.4 is 14.4 Å². The van der Waals surface area contributed by atoms with E-state index in [0.29, 0.717) is 33.7 Å². The van der Waals surface area contributed by atoms with E-state index < -0.39 is 28.5 Å². The second-order valence-corrected chi connectivity index (χ2v) is 13.6.